The number of carbonyl (C=O) groups is 1. The summed E-state index contributed by atoms with van der Waals surface area (Å²) in [6.45, 7) is 1.55. The molecule has 1 amide bonds. The number of halogens is 1. The number of nitrogens with two attached hydrogens (primary N) is 1. The van der Waals surface area contributed by atoms with Crippen LogP contribution in [-0.4, -0.2) is 12.0 Å². The summed E-state index contributed by atoms with van der Waals surface area (Å²) < 4.78 is 18.7. The van der Waals surface area contributed by atoms with Crippen molar-refractivity contribution in [2.75, 3.05) is 11.1 Å². The van der Waals surface area contributed by atoms with Crippen LogP contribution in [0.2, 0.25) is 0 Å². The summed E-state index contributed by atoms with van der Waals surface area (Å²) in [6.07, 6.45) is -0.815. The maximum atomic E-state index is 13.4. The summed E-state index contributed by atoms with van der Waals surface area (Å²) >= 11 is 0. The second-order valence-electron chi connectivity index (χ2n) is 4.30. The highest BCUT2D eigenvalue weighted by Gasteiger charge is 2.16. The molecule has 0 spiro atoms. The second kappa shape index (κ2) is 6.06. The maximum absolute atomic E-state index is 13.4. The molecule has 4 nitrogen and oxygen atoms in total. The van der Waals surface area contributed by atoms with Crippen LogP contribution < -0.4 is 15.8 Å². The van der Waals surface area contributed by atoms with Crippen LogP contribution in [0.1, 0.15) is 6.92 Å². The summed E-state index contributed by atoms with van der Waals surface area (Å²) in [6, 6.07) is 12.7. The van der Waals surface area contributed by atoms with E-state index in [0.717, 1.165) is 0 Å². The summed E-state index contributed by atoms with van der Waals surface area (Å²) in [5.74, 6) is -0.815. The number of hydrogen-bond donors (Lipinski definition) is 2. The molecule has 20 heavy (non-hydrogen) atoms. The fraction of sp³-hybridized carbons (Fsp3) is 0.133. The number of hydrogen-bond acceptors (Lipinski definition) is 3. The molecule has 0 aliphatic carbocycles. The van der Waals surface area contributed by atoms with E-state index < -0.39 is 11.9 Å². The van der Waals surface area contributed by atoms with Gasteiger partial charge in [-0.1, -0.05) is 12.1 Å². The number of para-hydroxylation sites is 1. The second-order valence-corrected chi connectivity index (χ2v) is 4.30. The molecule has 0 saturated carbocycles. The molecule has 0 aliphatic heterocycles. The lowest BCUT2D eigenvalue weighted by Crippen LogP contribution is -2.30. The number of ether oxygens (including phenoxy) is 1. The molecule has 0 radical (unpaired) electrons. The van der Waals surface area contributed by atoms with Gasteiger partial charge in [-0.15, -0.1) is 0 Å². The lowest BCUT2D eigenvalue weighted by atomic mass is 10.2. The first-order valence-electron chi connectivity index (χ1n) is 6.14. The van der Waals surface area contributed by atoms with Crippen LogP contribution in [-0.2, 0) is 4.79 Å². The molecule has 0 aliphatic rings. The molecule has 0 bridgehead atoms. The van der Waals surface area contributed by atoms with Crippen molar-refractivity contribution in [3.8, 4) is 5.75 Å². The van der Waals surface area contributed by atoms with Gasteiger partial charge in [0.1, 0.15) is 0 Å². The van der Waals surface area contributed by atoms with Crippen LogP contribution >= 0.6 is 0 Å². The van der Waals surface area contributed by atoms with Crippen molar-refractivity contribution >= 4 is 17.3 Å². The van der Waals surface area contributed by atoms with Crippen LogP contribution in [0.5, 0.6) is 5.75 Å². The highest BCUT2D eigenvalue weighted by Crippen LogP contribution is 2.18. The fourth-order valence-electron chi connectivity index (χ4n) is 1.59. The third kappa shape index (κ3) is 3.47. The lowest BCUT2D eigenvalue weighted by molar-refractivity contribution is -0.122. The first kappa shape index (κ1) is 13.9. The van der Waals surface area contributed by atoms with Gasteiger partial charge in [0.05, 0.1) is 0 Å². The van der Waals surface area contributed by atoms with Gasteiger partial charge < -0.3 is 15.8 Å². The lowest BCUT2D eigenvalue weighted by Gasteiger charge is -2.15. The molecule has 1 unspecified atom stereocenters. The van der Waals surface area contributed by atoms with Crippen molar-refractivity contribution in [1.82, 2.24) is 0 Å². The minimum absolute atomic E-state index is 0.0486. The van der Waals surface area contributed by atoms with E-state index in [-0.39, 0.29) is 11.7 Å². The van der Waals surface area contributed by atoms with Crippen LogP contribution in [0, 0.1) is 5.82 Å². The minimum atomic E-state index is -0.815. The number of carbonyl (C=O) groups excluding carboxylic acids is 1. The molecule has 0 fully saturated rings. The molecule has 5 heteroatoms. The van der Waals surface area contributed by atoms with Gasteiger partial charge in [-0.2, -0.15) is 0 Å². The highest BCUT2D eigenvalue weighted by molar-refractivity contribution is 5.94. The van der Waals surface area contributed by atoms with Crippen molar-refractivity contribution < 1.29 is 13.9 Å². The molecule has 2 rings (SSSR count). The normalized spacial score (nSPS) is 11.7. The van der Waals surface area contributed by atoms with Crippen molar-refractivity contribution in [2.45, 2.75) is 13.0 Å². The van der Waals surface area contributed by atoms with Crippen molar-refractivity contribution in [3.05, 3.63) is 54.3 Å². The summed E-state index contributed by atoms with van der Waals surface area (Å²) in [7, 11) is 0. The van der Waals surface area contributed by atoms with E-state index in [1.165, 1.54) is 12.1 Å². The van der Waals surface area contributed by atoms with E-state index in [2.05, 4.69) is 5.32 Å². The van der Waals surface area contributed by atoms with Gasteiger partial charge in [0.2, 0.25) is 0 Å². The van der Waals surface area contributed by atoms with E-state index in [0.29, 0.717) is 11.4 Å². The topological polar surface area (TPSA) is 64.3 Å². The highest BCUT2D eigenvalue weighted by atomic mass is 19.1. The molecular weight excluding hydrogens is 259 g/mol. The van der Waals surface area contributed by atoms with Gasteiger partial charge in [-0.25, -0.2) is 4.39 Å². The molecule has 0 heterocycles. The van der Waals surface area contributed by atoms with Crippen LogP contribution in [0.4, 0.5) is 15.8 Å². The predicted molar refractivity (Wildman–Crippen MR) is 76.0 cm³/mol. The zero-order chi connectivity index (χ0) is 14.5. The SMILES string of the molecule is CC(Oc1ccccc1F)C(=O)Nc1ccc(N)cc1. The van der Waals surface area contributed by atoms with Crippen molar-refractivity contribution in [3.63, 3.8) is 0 Å². The Kier molecular flexibility index (Phi) is 4.20. The summed E-state index contributed by atoms with van der Waals surface area (Å²) in [5, 5.41) is 2.67. The van der Waals surface area contributed by atoms with Crippen LogP contribution in [0.15, 0.2) is 48.5 Å². The summed E-state index contributed by atoms with van der Waals surface area (Å²) in [5.41, 5.74) is 6.77. The summed E-state index contributed by atoms with van der Waals surface area (Å²) in [4.78, 5) is 11.9. The van der Waals surface area contributed by atoms with Gasteiger partial charge in [-0.3, -0.25) is 4.79 Å². The molecular formula is C15H15FN2O2. The number of nitrogen functional groups attached to an aromatic ring is 1. The number of rotatable bonds is 4. The van der Waals surface area contributed by atoms with Crippen LogP contribution in [0.3, 0.4) is 0 Å². The average molecular weight is 274 g/mol. The van der Waals surface area contributed by atoms with E-state index in [4.69, 9.17) is 10.5 Å². The molecule has 3 N–H and O–H groups in total. The standard InChI is InChI=1S/C15H15FN2O2/c1-10(20-14-5-3-2-4-13(14)16)15(19)18-12-8-6-11(17)7-9-12/h2-10H,17H2,1H3,(H,18,19). The monoisotopic (exact) mass is 274 g/mol. The van der Waals surface area contributed by atoms with Gasteiger partial charge in [0.15, 0.2) is 17.7 Å². The first-order chi connectivity index (χ1) is 9.56. The van der Waals surface area contributed by atoms with Gasteiger partial charge in [-0.05, 0) is 43.3 Å². The third-order valence-corrected chi connectivity index (χ3v) is 2.69. The van der Waals surface area contributed by atoms with Crippen molar-refractivity contribution in [2.24, 2.45) is 0 Å². The molecule has 0 saturated heterocycles. The quantitative estimate of drug-likeness (QED) is 0.843. The Morgan fingerprint density at radius 2 is 1.85 bits per heavy atom. The Labute approximate surface area is 116 Å². The Morgan fingerprint density at radius 3 is 2.50 bits per heavy atom. The number of benzene rings is 2. The van der Waals surface area contributed by atoms with Crippen LogP contribution in [0.25, 0.3) is 0 Å². The molecule has 0 aromatic heterocycles. The Hall–Kier alpha value is -2.56. The number of anilines is 2. The number of nitrogens with one attached hydrogen (secondary N) is 1. The predicted octanol–water partition coefficient (Wildman–Crippen LogP) is 2.81. The average Bonchev–Trinajstić information content (AvgIpc) is 2.44. The molecule has 104 valence electrons. The molecule has 2 aromatic rings. The third-order valence-electron chi connectivity index (χ3n) is 2.69. The first-order valence-corrected chi connectivity index (χ1v) is 6.14. The fourth-order valence-corrected chi connectivity index (χ4v) is 1.59. The molecule has 2 aromatic carbocycles. The molecule has 1 atom stereocenters. The Bertz CT molecular complexity index is 599. The Morgan fingerprint density at radius 1 is 1.20 bits per heavy atom. The van der Waals surface area contributed by atoms with E-state index in [1.807, 2.05) is 0 Å². The van der Waals surface area contributed by atoms with Gasteiger partial charge in [0.25, 0.3) is 5.91 Å². The zero-order valence-electron chi connectivity index (χ0n) is 11.0. The van der Waals surface area contributed by atoms with E-state index >= 15 is 0 Å². The maximum Gasteiger partial charge on any atom is 0.265 e. The van der Waals surface area contributed by atoms with Gasteiger partial charge >= 0.3 is 0 Å². The largest absolute Gasteiger partial charge is 0.478 e. The van der Waals surface area contributed by atoms with Gasteiger partial charge in [0, 0.05) is 11.4 Å². The van der Waals surface area contributed by atoms with Crippen molar-refractivity contribution in [1.29, 1.82) is 0 Å². The van der Waals surface area contributed by atoms with E-state index in [9.17, 15) is 9.18 Å². The zero-order valence-corrected chi connectivity index (χ0v) is 11.0. The number of amides is 1. The Balaban J connectivity index is 1.99. The smallest absolute Gasteiger partial charge is 0.265 e. The van der Waals surface area contributed by atoms with E-state index in [1.54, 1.807) is 43.3 Å². The minimum Gasteiger partial charge on any atom is -0.478 e.